The number of carbonyl (C=O) groups excluding carboxylic acids is 1. The van der Waals surface area contributed by atoms with Crippen LogP contribution >= 0.6 is 15.9 Å². The van der Waals surface area contributed by atoms with E-state index >= 15 is 0 Å². The lowest BCUT2D eigenvalue weighted by atomic mass is 10.2. The Hall–Kier alpha value is -1.69. The van der Waals surface area contributed by atoms with E-state index in [9.17, 15) is 4.79 Å². The molecule has 0 spiro atoms. The lowest BCUT2D eigenvalue weighted by molar-refractivity contribution is -0.118. The van der Waals surface area contributed by atoms with Crippen LogP contribution in [0.25, 0.3) is 0 Å². The van der Waals surface area contributed by atoms with Gasteiger partial charge in [0, 0.05) is 10.2 Å². The van der Waals surface area contributed by atoms with Crippen LogP contribution < -0.4 is 10.8 Å². The number of carbonyl (C=O) groups is 1. The second kappa shape index (κ2) is 7.79. The van der Waals surface area contributed by atoms with Crippen molar-refractivity contribution >= 4 is 27.5 Å². The molecule has 0 aromatic heterocycles. The van der Waals surface area contributed by atoms with Crippen LogP contribution in [-0.4, -0.2) is 12.5 Å². The molecule has 0 aliphatic carbocycles. The van der Waals surface area contributed by atoms with Gasteiger partial charge in [0.15, 0.2) is 0 Å². The fraction of sp³-hybridized carbons (Fsp3) is 0.133. The number of hydrogen-bond acceptors (Lipinski definition) is 3. The molecule has 0 saturated heterocycles. The van der Waals surface area contributed by atoms with E-state index in [1.807, 2.05) is 54.6 Å². The predicted molar refractivity (Wildman–Crippen MR) is 82.0 cm³/mol. The minimum absolute atomic E-state index is 0.0966. The SMILES string of the molecule is O=C(CNOCc1ccccc1)Nc1cccc(Br)c1. The van der Waals surface area contributed by atoms with Gasteiger partial charge in [0.05, 0.1) is 6.61 Å². The molecule has 0 aliphatic heterocycles. The fourth-order valence-corrected chi connectivity index (χ4v) is 2.00. The zero-order valence-electron chi connectivity index (χ0n) is 10.8. The number of halogens is 1. The zero-order valence-corrected chi connectivity index (χ0v) is 12.4. The van der Waals surface area contributed by atoms with E-state index < -0.39 is 0 Å². The van der Waals surface area contributed by atoms with Gasteiger partial charge in [-0.1, -0.05) is 52.3 Å². The Labute approximate surface area is 126 Å². The van der Waals surface area contributed by atoms with E-state index in [0.717, 1.165) is 15.7 Å². The summed E-state index contributed by atoms with van der Waals surface area (Å²) in [6, 6.07) is 17.2. The minimum Gasteiger partial charge on any atom is -0.325 e. The molecule has 0 aliphatic rings. The van der Waals surface area contributed by atoms with E-state index in [4.69, 9.17) is 4.84 Å². The normalized spacial score (nSPS) is 10.2. The summed E-state index contributed by atoms with van der Waals surface area (Å²) < 4.78 is 0.920. The highest BCUT2D eigenvalue weighted by molar-refractivity contribution is 9.10. The summed E-state index contributed by atoms with van der Waals surface area (Å²) in [6.45, 7) is 0.518. The molecular formula is C15H15BrN2O2. The van der Waals surface area contributed by atoms with Gasteiger partial charge in [0.2, 0.25) is 5.91 Å². The van der Waals surface area contributed by atoms with Gasteiger partial charge in [-0.2, -0.15) is 5.48 Å². The molecule has 0 atom stereocenters. The van der Waals surface area contributed by atoms with Gasteiger partial charge >= 0.3 is 0 Å². The third kappa shape index (κ3) is 5.13. The molecule has 2 aromatic carbocycles. The second-order valence-electron chi connectivity index (χ2n) is 4.15. The Morgan fingerprint density at radius 1 is 1.10 bits per heavy atom. The van der Waals surface area contributed by atoms with E-state index in [1.54, 1.807) is 0 Å². The Morgan fingerprint density at radius 2 is 1.90 bits per heavy atom. The summed E-state index contributed by atoms with van der Waals surface area (Å²) in [4.78, 5) is 16.9. The molecule has 104 valence electrons. The molecule has 0 heterocycles. The third-order valence-corrected chi connectivity index (χ3v) is 3.02. The minimum atomic E-state index is -0.156. The Kier molecular flexibility index (Phi) is 5.73. The molecule has 4 nitrogen and oxygen atoms in total. The van der Waals surface area contributed by atoms with Crippen LogP contribution in [0.5, 0.6) is 0 Å². The largest absolute Gasteiger partial charge is 0.325 e. The van der Waals surface area contributed by atoms with Crippen molar-refractivity contribution in [3.63, 3.8) is 0 Å². The monoisotopic (exact) mass is 334 g/mol. The van der Waals surface area contributed by atoms with Crippen LogP contribution in [0.1, 0.15) is 5.56 Å². The summed E-state index contributed by atoms with van der Waals surface area (Å²) in [5.41, 5.74) is 4.44. The molecule has 2 N–H and O–H groups in total. The van der Waals surface area contributed by atoms with E-state index in [1.165, 1.54) is 0 Å². The van der Waals surface area contributed by atoms with Crippen molar-refractivity contribution in [2.24, 2.45) is 0 Å². The average Bonchev–Trinajstić information content (AvgIpc) is 2.45. The van der Waals surface area contributed by atoms with Crippen LogP contribution in [0.2, 0.25) is 0 Å². The molecule has 0 bridgehead atoms. The average molecular weight is 335 g/mol. The van der Waals surface area contributed by atoms with Gasteiger partial charge in [-0.15, -0.1) is 0 Å². The highest BCUT2D eigenvalue weighted by Gasteiger charge is 2.02. The second-order valence-corrected chi connectivity index (χ2v) is 5.07. The third-order valence-electron chi connectivity index (χ3n) is 2.52. The Morgan fingerprint density at radius 3 is 2.65 bits per heavy atom. The summed E-state index contributed by atoms with van der Waals surface area (Å²) in [6.07, 6.45) is 0. The van der Waals surface area contributed by atoms with Crippen molar-refractivity contribution in [1.29, 1.82) is 0 Å². The lowest BCUT2D eigenvalue weighted by Crippen LogP contribution is -2.28. The number of anilines is 1. The summed E-state index contributed by atoms with van der Waals surface area (Å²) in [7, 11) is 0. The van der Waals surface area contributed by atoms with Crippen molar-refractivity contribution in [3.8, 4) is 0 Å². The van der Waals surface area contributed by atoms with Gasteiger partial charge in [-0.05, 0) is 23.8 Å². The molecule has 1 amide bonds. The Bertz CT molecular complexity index is 561. The van der Waals surface area contributed by atoms with Gasteiger partial charge in [0.1, 0.15) is 6.54 Å². The number of nitrogens with one attached hydrogen (secondary N) is 2. The molecular weight excluding hydrogens is 320 g/mol. The lowest BCUT2D eigenvalue weighted by Gasteiger charge is -2.07. The fourth-order valence-electron chi connectivity index (χ4n) is 1.60. The van der Waals surface area contributed by atoms with Crippen LogP contribution in [0.15, 0.2) is 59.1 Å². The smallest absolute Gasteiger partial charge is 0.240 e. The highest BCUT2D eigenvalue weighted by atomic mass is 79.9. The number of hydroxylamine groups is 1. The molecule has 0 saturated carbocycles. The van der Waals surface area contributed by atoms with Crippen molar-refractivity contribution in [1.82, 2.24) is 5.48 Å². The first-order valence-electron chi connectivity index (χ1n) is 6.18. The van der Waals surface area contributed by atoms with Crippen LogP contribution in [0.4, 0.5) is 5.69 Å². The zero-order chi connectivity index (χ0) is 14.2. The molecule has 0 fully saturated rings. The number of rotatable bonds is 6. The highest BCUT2D eigenvalue weighted by Crippen LogP contribution is 2.15. The maximum Gasteiger partial charge on any atom is 0.240 e. The summed E-state index contributed by atoms with van der Waals surface area (Å²) in [5, 5.41) is 2.77. The van der Waals surface area contributed by atoms with Gasteiger partial charge in [0.25, 0.3) is 0 Å². The number of amides is 1. The molecule has 0 radical (unpaired) electrons. The molecule has 0 unspecified atom stereocenters. The molecule has 20 heavy (non-hydrogen) atoms. The van der Waals surface area contributed by atoms with Crippen molar-refractivity contribution in [3.05, 3.63) is 64.6 Å². The standard InChI is InChI=1S/C15H15BrN2O2/c16-13-7-4-8-14(9-13)18-15(19)10-17-20-11-12-5-2-1-3-6-12/h1-9,17H,10-11H2,(H,18,19). The van der Waals surface area contributed by atoms with Crippen molar-refractivity contribution in [2.75, 3.05) is 11.9 Å². The van der Waals surface area contributed by atoms with Crippen molar-refractivity contribution < 1.29 is 9.63 Å². The van der Waals surface area contributed by atoms with E-state index in [0.29, 0.717) is 6.61 Å². The van der Waals surface area contributed by atoms with Gasteiger partial charge < -0.3 is 5.32 Å². The molecule has 5 heteroatoms. The maximum absolute atomic E-state index is 11.7. The topological polar surface area (TPSA) is 50.4 Å². The maximum atomic E-state index is 11.7. The first kappa shape index (κ1) is 14.7. The molecule has 2 rings (SSSR count). The van der Waals surface area contributed by atoms with Crippen LogP contribution in [0.3, 0.4) is 0 Å². The number of hydrogen-bond donors (Lipinski definition) is 2. The van der Waals surface area contributed by atoms with E-state index in [2.05, 4.69) is 26.7 Å². The quantitative estimate of drug-likeness (QED) is 0.630. The summed E-state index contributed by atoms with van der Waals surface area (Å²) >= 11 is 3.35. The number of benzene rings is 2. The first-order valence-corrected chi connectivity index (χ1v) is 6.97. The molecule has 2 aromatic rings. The van der Waals surface area contributed by atoms with Crippen LogP contribution in [-0.2, 0) is 16.2 Å². The summed E-state index contributed by atoms with van der Waals surface area (Å²) in [5.74, 6) is -0.156. The van der Waals surface area contributed by atoms with Crippen molar-refractivity contribution in [2.45, 2.75) is 6.61 Å². The Balaban J connectivity index is 1.68. The predicted octanol–water partition coefficient (Wildman–Crippen LogP) is 3.11. The first-order chi connectivity index (χ1) is 9.74. The van der Waals surface area contributed by atoms with Gasteiger partial charge in [-0.3, -0.25) is 9.63 Å². The van der Waals surface area contributed by atoms with Crippen LogP contribution in [0, 0.1) is 0 Å². The van der Waals surface area contributed by atoms with E-state index in [-0.39, 0.29) is 12.5 Å². The van der Waals surface area contributed by atoms with Gasteiger partial charge in [-0.25, -0.2) is 0 Å².